The summed E-state index contributed by atoms with van der Waals surface area (Å²) >= 11 is 4.94. The van der Waals surface area contributed by atoms with Crippen LogP contribution in [0.2, 0.25) is 0 Å². The van der Waals surface area contributed by atoms with Crippen LogP contribution in [0.1, 0.15) is 67.7 Å². The van der Waals surface area contributed by atoms with Gasteiger partial charge in [0, 0.05) is 13.8 Å². The van der Waals surface area contributed by atoms with Crippen LogP contribution in [0.25, 0.3) is 0 Å². The first-order valence-corrected chi connectivity index (χ1v) is 17.7. The number of aromatic nitrogens is 4. The lowest BCUT2D eigenvalue weighted by Crippen LogP contribution is -2.41. The zero-order chi connectivity index (χ0) is 34.1. The van der Waals surface area contributed by atoms with Gasteiger partial charge in [0.1, 0.15) is 7.14 Å². The maximum Gasteiger partial charge on any atom is 0.485 e. The highest BCUT2D eigenvalue weighted by Crippen LogP contribution is 2.21. The Morgan fingerprint density at radius 2 is 0.814 bits per heavy atom. The summed E-state index contributed by atoms with van der Waals surface area (Å²) in [6.07, 6.45) is 9.37. The summed E-state index contributed by atoms with van der Waals surface area (Å²) in [6, 6.07) is 0. The minimum atomic E-state index is -6.09. The summed E-state index contributed by atoms with van der Waals surface area (Å²) < 4.78 is 130. The largest absolute Gasteiger partial charge is 0.741 e. The van der Waals surface area contributed by atoms with Crippen LogP contribution in [0.15, 0.2) is 0 Å². The highest BCUT2D eigenvalue weighted by atomic mass is 127. The fourth-order valence-electron chi connectivity index (χ4n) is 3.89. The first-order valence-electron chi connectivity index (χ1n) is 12.7. The lowest BCUT2D eigenvalue weighted by molar-refractivity contribution is -0.759. The summed E-state index contributed by atoms with van der Waals surface area (Å²) in [5.41, 5.74) is -5.71. The predicted molar refractivity (Wildman–Crippen MR) is 159 cm³/mol. The van der Waals surface area contributed by atoms with Crippen LogP contribution in [0.5, 0.6) is 0 Å². The van der Waals surface area contributed by atoms with E-state index in [2.05, 4.69) is 106 Å². The summed E-state index contributed by atoms with van der Waals surface area (Å²) in [5, 5.41) is 0. The molecule has 0 unspecified atom stereocenters. The molecule has 0 saturated heterocycles. The van der Waals surface area contributed by atoms with Crippen LogP contribution in [0.4, 0.5) is 26.3 Å². The molecule has 0 bridgehead atoms. The monoisotopic (exact) mass is 896 g/mol. The summed E-state index contributed by atoms with van der Waals surface area (Å²) in [6.45, 7) is 11.2. The third kappa shape index (κ3) is 13.3. The van der Waals surface area contributed by atoms with Crippen molar-refractivity contribution in [2.24, 2.45) is 14.1 Å². The Morgan fingerprint density at radius 3 is 0.977 bits per heavy atom. The highest BCUT2D eigenvalue weighted by molar-refractivity contribution is 14.1. The van der Waals surface area contributed by atoms with Gasteiger partial charge in [-0.3, -0.25) is 0 Å². The maximum absolute atomic E-state index is 10.7. The lowest BCUT2D eigenvalue weighted by atomic mass is 10.1. The molecule has 0 spiro atoms. The second-order valence-electron chi connectivity index (χ2n) is 9.54. The van der Waals surface area contributed by atoms with Crippen LogP contribution in [0, 0.1) is 34.8 Å². The van der Waals surface area contributed by atoms with E-state index in [1.54, 1.807) is 0 Å². The van der Waals surface area contributed by atoms with E-state index in [4.69, 9.17) is 25.9 Å². The normalized spacial score (nSPS) is 12.5. The van der Waals surface area contributed by atoms with Crippen molar-refractivity contribution in [1.29, 1.82) is 0 Å². The fourth-order valence-corrected chi connectivity index (χ4v) is 5.14. The van der Waals surface area contributed by atoms with E-state index in [0.717, 1.165) is 13.1 Å². The van der Waals surface area contributed by atoms with E-state index in [0.29, 0.717) is 0 Å². The minimum absolute atomic E-state index is 1.15. The van der Waals surface area contributed by atoms with Gasteiger partial charge in [-0.2, -0.15) is 35.7 Å². The molecule has 0 aliphatic heterocycles. The number of hydrogen-bond donors (Lipinski definition) is 0. The van der Waals surface area contributed by atoms with Gasteiger partial charge >= 0.3 is 11.0 Å². The van der Waals surface area contributed by atoms with Crippen molar-refractivity contribution in [2.45, 2.75) is 96.7 Å². The van der Waals surface area contributed by atoms with E-state index >= 15 is 0 Å². The molecule has 0 amide bonds. The van der Waals surface area contributed by atoms with Gasteiger partial charge < -0.3 is 9.11 Å². The average Bonchev–Trinajstić information content (AvgIpc) is 3.15. The molecule has 43 heavy (non-hydrogen) atoms. The molecule has 2 aromatic heterocycles. The molecular formula is C23H36F6I2N4O6S2. The van der Waals surface area contributed by atoms with Gasteiger partial charge in [-0.15, -0.1) is 9.36 Å². The lowest BCUT2D eigenvalue weighted by Gasteiger charge is -2.08. The van der Waals surface area contributed by atoms with Gasteiger partial charge in [-0.25, -0.2) is 16.8 Å². The van der Waals surface area contributed by atoms with E-state index < -0.39 is 31.3 Å². The van der Waals surface area contributed by atoms with Crippen LogP contribution >= 0.6 is 45.2 Å². The Hall–Kier alpha value is -0.720. The molecule has 0 N–H and O–H groups in total. The Morgan fingerprint density at radius 1 is 0.605 bits per heavy atom. The second-order valence-corrected chi connectivity index (χ2v) is 14.4. The minimum Gasteiger partial charge on any atom is -0.741 e. The Bertz CT molecular complexity index is 1270. The van der Waals surface area contributed by atoms with Crippen molar-refractivity contribution < 1.29 is 61.6 Å². The molecule has 0 fully saturated rings. The topological polar surface area (TPSA) is 132 Å². The molecule has 0 aliphatic rings. The number of nitrogens with zero attached hydrogens (tertiary/aromatic N) is 4. The highest BCUT2D eigenvalue weighted by Gasteiger charge is 2.37. The zero-order valence-electron chi connectivity index (χ0n) is 24.4. The van der Waals surface area contributed by atoms with Crippen molar-refractivity contribution in [2.75, 3.05) is 0 Å². The number of unbranched alkanes of at least 4 members (excludes halogenated alkanes) is 6. The van der Waals surface area contributed by atoms with Crippen LogP contribution in [-0.2, 0) is 47.4 Å². The number of hydrogen-bond acceptors (Lipinski definition) is 6. The Balaban J connectivity index is 0.000000903. The van der Waals surface area contributed by atoms with Crippen molar-refractivity contribution in [3.63, 3.8) is 0 Å². The van der Waals surface area contributed by atoms with E-state index in [1.807, 2.05) is 0 Å². The van der Waals surface area contributed by atoms with Gasteiger partial charge in [0.05, 0.1) is 24.5 Å². The number of halogens is 8. The molecule has 252 valence electrons. The third-order valence-corrected chi connectivity index (χ3v) is 10.8. The smallest absolute Gasteiger partial charge is 0.485 e. The Labute approximate surface area is 275 Å². The Kier molecular flexibility index (Phi) is 17.0. The molecule has 0 aliphatic carbocycles. The van der Waals surface area contributed by atoms with Crippen molar-refractivity contribution in [3.8, 4) is 0 Å². The van der Waals surface area contributed by atoms with Crippen molar-refractivity contribution in [3.05, 3.63) is 29.9 Å². The second kappa shape index (κ2) is 17.3. The molecule has 2 heterocycles. The van der Waals surface area contributed by atoms with E-state index in [1.165, 1.54) is 74.9 Å². The molecule has 0 atom stereocenters. The number of alkyl halides is 6. The summed E-state index contributed by atoms with van der Waals surface area (Å²) in [7, 11) is -7.82. The molecule has 2 aromatic rings. The molecule has 0 radical (unpaired) electrons. The third-order valence-electron chi connectivity index (χ3n) is 6.55. The summed E-state index contributed by atoms with van der Waals surface area (Å²) in [5.74, 6) is 0. The maximum atomic E-state index is 10.7. The van der Waals surface area contributed by atoms with Gasteiger partial charge in [0.15, 0.2) is 34.3 Å². The molecule has 2 rings (SSSR count). The summed E-state index contributed by atoms with van der Waals surface area (Å²) in [4.78, 5) is 0. The zero-order valence-corrected chi connectivity index (χ0v) is 30.4. The molecular weight excluding hydrogens is 860 g/mol. The van der Waals surface area contributed by atoms with E-state index in [-0.39, 0.29) is 0 Å². The first-order chi connectivity index (χ1) is 19.3. The fraction of sp³-hybridized carbons (Fsp3) is 0.739. The van der Waals surface area contributed by atoms with Gasteiger partial charge in [-0.05, 0) is 71.9 Å². The number of rotatable bonds is 10. The average molecular weight is 896 g/mol. The standard InChI is InChI=1S/C21H36I2N4.2CHF3O3S/c1-16-20(22)18(3)26(24(16)5)14-12-10-8-7-9-11-13-15-27-19(4)21(23)17(2)25(27)6;2*2-1(3,4)8(5,6)7/h7-15H2,1-6H3;2*(H,5,6,7)/q+2;;/p-2. The van der Waals surface area contributed by atoms with E-state index in [9.17, 15) is 26.3 Å². The van der Waals surface area contributed by atoms with Crippen LogP contribution < -0.4 is 9.36 Å². The van der Waals surface area contributed by atoms with Gasteiger partial charge in [0.25, 0.3) is 0 Å². The van der Waals surface area contributed by atoms with Crippen LogP contribution in [0.3, 0.4) is 0 Å². The van der Waals surface area contributed by atoms with Crippen molar-refractivity contribution in [1.82, 2.24) is 9.36 Å². The SMILES string of the molecule is Cc1c(I)c(C)[n+](C)n1CCCCCCCCCn1c(C)c(I)c(C)[n+]1C.O=S(=O)([O-])C(F)(F)F.O=S(=O)([O-])C(F)(F)F. The molecule has 0 saturated carbocycles. The van der Waals surface area contributed by atoms with Gasteiger partial charge in [-0.1, -0.05) is 32.1 Å². The van der Waals surface area contributed by atoms with Gasteiger partial charge in [0.2, 0.25) is 11.4 Å². The van der Waals surface area contributed by atoms with Crippen molar-refractivity contribution >= 4 is 65.4 Å². The molecule has 0 aromatic carbocycles. The quantitative estimate of drug-likeness (QED) is 0.0832. The first kappa shape index (κ1) is 42.3. The molecule has 10 nitrogen and oxygen atoms in total. The van der Waals surface area contributed by atoms with Crippen LogP contribution in [-0.4, -0.2) is 46.3 Å². The molecule has 20 heteroatoms. The predicted octanol–water partition coefficient (Wildman–Crippen LogP) is 4.92.